The summed E-state index contributed by atoms with van der Waals surface area (Å²) in [5, 5.41) is 22.0. The third kappa shape index (κ3) is 6.26. The first-order chi connectivity index (χ1) is 8.93. The minimum absolute atomic E-state index is 0.165. The van der Waals surface area contributed by atoms with Gasteiger partial charge in [0.05, 0.1) is 18.1 Å². The molecule has 0 unspecified atom stereocenters. The van der Waals surface area contributed by atoms with Crippen molar-refractivity contribution >= 4 is 5.97 Å². The second-order valence-corrected chi connectivity index (χ2v) is 4.98. The molecule has 19 heavy (non-hydrogen) atoms. The standard InChI is InChI=1S/C12H21F2NO4/c13-10(14)7-19-6-5-15-8-12(18)3-1-9(2-4-12)11(16)17/h9-10,15,18H,1-8H2,(H,16,17). The van der Waals surface area contributed by atoms with Gasteiger partial charge >= 0.3 is 5.97 Å². The van der Waals surface area contributed by atoms with Gasteiger partial charge in [-0.1, -0.05) is 0 Å². The van der Waals surface area contributed by atoms with E-state index in [0.717, 1.165) is 0 Å². The molecule has 0 saturated heterocycles. The molecule has 0 amide bonds. The molecule has 0 heterocycles. The van der Waals surface area contributed by atoms with Gasteiger partial charge in [0.15, 0.2) is 0 Å². The Morgan fingerprint density at radius 2 is 2.05 bits per heavy atom. The summed E-state index contributed by atoms with van der Waals surface area (Å²) < 4.78 is 28.2. The number of aliphatic carboxylic acids is 1. The zero-order chi connectivity index (χ0) is 14.3. The van der Waals surface area contributed by atoms with Gasteiger partial charge in [0.1, 0.15) is 6.61 Å². The van der Waals surface area contributed by atoms with Crippen LogP contribution >= 0.6 is 0 Å². The van der Waals surface area contributed by atoms with E-state index in [4.69, 9.17) is 9.84 Å². The van der Waals surface area contributed by atoms with Crippen molar-refractivity contribution in [3.05, 3.63) is 0 Å². The Morgan fingerprint density at radius 1 is 1.42 bits per heavy atom. The van der Waals surface area contributed by atoms with Gasteiger partial charge in [-0.05, 0) is 25.7 Å². The van der Waals surface area contributed by atoms with Crippen LogP contribution in [0.1, 0.15) is 25.7 Å². The molecule has 3 N–H and O–H groups in total. The molecular weight excluding hydrogens is 260 g/mol. The van der Waals surface area contributed by atoms with E-state index in [9.17, 15) is 18.7 Å². The number of hydrogen-bond donors (Lipinski definition) is 3. The number of rotatable bonds is 8. The van der Waals surface area contributed by atoms with Crippen molar-refractivity contribution in [2.75, 3.05) is 26.3 Å². The molecule has 1 aliphatic carbocycles. The average Bonchev–Trinajstić information content (AvgIpc) is 2.34. The predicted molar refractivity (Wildman–Crippen MR) is 64.2 cm³/mol. The molecule has 0 aromatic rings. The minimum Gasteiger partial charge on any atom is -0.481 e. The van der Waals surface area contributed by atoms with Crippen LogP contribution in [0.2, 0.25) is 0 Å². The van der Waals surface area contributed by atoms with Crippen molar-refractivity contribution in [1.29, 1.82) is 0 Å². The fourth-order valence-corrected chi connectivity index (χ4v) is 2.22. The Morgan fingerprint density at radius 3 is 2.58 bits per heavy atom. The first kappa shape index (κ1) is 16.3. The van der Waals surface area contributed by atoms with Gasteiger partial charge in [-0.2, -0.15) is 0 Å². The SMILES string of the molecule is O=C(O)C1CCC(O)(CNCCOCC(F)F)CC1. The lowest BCUT2D eigenvalue weighted by Crippen LogP contribution is -2.45. The van der Waals surface area contributed by atoms with E-state index in [2.05, 4.69) is 5.32 Å². The van der Waals surface area contributed by atoms with Gasteiger partial charge in [-0.3, -0.25) is 4.79 Å². The molecule has 1 fully saturated rings. The maximum absolute atomic E-state index is 11.8. The summed E-state index contributed by atoms with van der Waals surface area (Å²) in [4.78, 5) is 10.8. The predicted octanol–water partition coefficient (Wildman–Crippen LogP) is 0.864. The van der Waals surface area contributed by atoms with Crippen LogP contribution in [-0.2, 0) is 9.53 Å². The van der Waals surface area contributed by atoms with Crippen molar-refractivity contribution in [3.63, 3.8) is 0 Å². The van der Waals surface area contributed by atoms with Crippen LogP contribution in [0, 0.1) is 5.92 Å². The quantitative estimate of drug-likeness (QED) is 0.575. The Labute approximate surface area is 110 Å². The van der Waals surface area contributed by atoms with E-state index in [-0.39, 0.29) is 12.5 Å². The Balaban J connectivity index is 2.10. The highest BCUT2D eigenvalue weighted by Crippen LogP contribution is 2.31. The van der Waals surface area contributed by atoms with Crippen molar-refractivity contribution in [2.45, 2.75) is 37.7 Å². The van der Waals surface area contributed by atoms with Crippen LogP contribution in [0.5, 0.6) is 0 Å². The highest BCUT2D eigenvalue weighted by atomic mass is 19.3. The van der Waals surface area contributed by atoms with E-state index in [1.165, 1.54) is 0 Å². The molecule has 5 nitrogen and oxygen atoms in total. The summed E-state index contributed by atoms with van der Waals surface area (Å²) in [6.07, 6.45) is -0.649. The Kier molecular flexibility index (Phi) is 6.60. The first-order valence-electron chi connectivity index (χ1n) is 6.45. The molecule has 7 heteroatoms. The smallest absolute Gasteiger partial charge is 0.306 e. The topological polar surface area (TPSA) is 78.8 Å². The molecule has 0 aliphatic heterocycles. The normalized spacial score (nSPS) is 27.7. The lowest BCUT2D eigenvalue weighted by atomic mass is 9.79. The van der Waals surface area contributed by atoms with Gasteiger partial charge < -0.3 is 20.3 Å². The molecule has 0 aromatic heterocycles. The lowest BCUT2D eigenvalue weighted by molar-refractivity contribution is -0.144. The van der Waals surface area contributed by atoms with E-state index >= 15 is 0 Å². The van der Waals surface area contributed by atoms with Crippen LogP contribution in [-0.4, -0.2) is 54.5 Å². The number of alkyl halides is 2. The van der Waals surface area contributed by atoms with Gasteiger partial charge in [0, 0.05) is 13.1 Å². The monoisotopic (exact) mass is 281 g/mol. The van der Waals surface area contributed by atoms with Crippen LogP contribution < -0.4 is 5.32 Å². The van der Waals surface area contributed by atoms with E-state index in [1.54, 1.807) is 0 Å². The van der Waals surface area contributed by atoms with Crippen LogP contribution in [0.3, 0.4) is 0 Å². The van der Waals surface area contributed by atoms with Crippen molar-refractivity contribution in [3.8, 4) is 0 Å². The van der Waals surface area contributed by atoms with Gasteiger partial charge in [-0.25, -0.2) is 8.78 Å². The molecule has 112 valence electrons. The third-order valence-corrected chi connectivity index (χ3v) is 3.39. The number of hydrogen-bond acceptors (Lipinski definition) is 4. The van der Waals surface area contributed by atoms with Crippen LogP contribution in [0.25, 0.3) is 0 Å². The van der Waals surface area contributed by atoms with Gasteiger partial charge in [0.25, 0.3) is 6.43 Å². The average molecular weight is 281 g/mol. The fraction of sp³-hybridized carbons (Fsp3) is 0.917. The maximum atomic E-state index is 11.8. The number of aliphatic hydroxyl groups is 1. The summed E-state index contributed by atoms with van der Waals surface area (Å²) >= 11 is 0. The number of carboxylic acid groups (broad SMARTS) is 1. The third-order valence-electron chi connectivity index (χ3n) is 3.39. The molecular formula is C12H21F2NO4. The Hall–Kier alpha value is -0.790. The van der Waals surface area contributed by atoms with E-state index < -0.39 is 24.6 Å². The van der Waals surface area contributed by atoms with Crippen LogP contribution in [0.15, 0.2) is 0 Å². The molecule has 0 spiro atoms. The molecule has 1 aliphatic rings. The zero-order valence-electron chi connectivity index (χ0n) is 10.8. The molecule has 0 radical (unpaired) electrons. The summed E-state index contributed by atoms with van der Waals surface area (Å²) in [5.41, 5.74) is -0.894. The highest BCUT2D eigenvalue weighted by molar-refractivity contribution is 5.70. The summed E-state index contributed by atoms with van der Waals surface area (Å²) in [6.45, 7) is 0.305. The highest BCUT2D eigenvalue weighted by Gasteiger charge is 2.35. The number of ether oxygens (including phenoxy) is 1. The van der Waals surface area contributed by atoms with E-state index in [1.807, 2.05) is 0 Å². The summed E-state index contributed by atoms with van der Waals surface area (Å²) in [5.74, 6) is -1.18. The number of carbonyl (C=O) groups is 1. The zero-order valence-corrected chi connectivity index (χ0v) is 10.8. The second-order valence-electron chi connectivity index (χ2n) is 4.98. The van der Waals surface area contributed by atoms with Gasteiger partial charge in [0.2, 0.25) is 0 Å². The molecule has 0 bridgehead atoms. The number of halogens is 2. The number of nitrogens with one attached hydrogen (secondary N) is 1. The molecule has 0 aromatic carbocycles. The fourth-order valence-electron chi connectivity index (χ4n) is 2.22. The van der Waals surface area contributed by atoms with E-state index in [0.29, 0.717) is 38.8 Å². The first-order valence-corrected chi connectivity index (χ1v) is 6.45. The minimum atomic E-state index is -2.46. The summed E-state index contributed by atoms with van der Waals surface area (Å²) in [6, 6.07) is 0. The molecule has 1 rings (SSSR count). The van der Waals surface area contributed by atoms with Crippen molar-refractivity contribution in [2.24, 2.45) is 5.92 Å². The molecule has 0 atom stereocenters. The lowest BCUT2D eigenvalue weighted by Gasteiger charge is -2.34. The van der Waals surface area contributed by atoms with Crippen molar-refractivity contribution < 1.29 is 28.5 Å². The Bertz CT molecular complexity index is 281. The maximum Gasteiger partial charge on any atom is 0.306 e. The number of carboxylic acids is 1. The second kappa shape index (κ2) is 7.72. The molecule has 1 saturated carbocycles. The summed E-state index contributed by atoms with van der Waals surface area (Å²) in [7, 11) is 0. The largest absolute Gasteiger partial charge is 0.481 e. The van der Waals surface area contributed by atoms with Crippen LogP contribution in [0.4, 0.5) is 8.78 Å². The van der Waals surface area contributed by atoms with Gasteiger partial charge in [-0.15, -0.1) is 0 Å². The van der Waals surface area contributed by atoms with Crippen molar-refractivity contribution in [1.82, 2.24) is 5.32 Å².